The number of methoxy groups -OCH3 is 1. The zero-order chi connectivity index (χ0) is 22.0. The molecule has 4 rings (SSSR count). The summed E-state index contributed by atoms with van der Waals surface area (Å²) in [6, 6.07) is 23.1. The summed E-state index contributed by atoms with van der Waals surface area (Å²) in [6.07, 6.45) is -0.768. The number of β-lactam (4-membered cyclic amide) rings is 1. The van der Waals surface area contributed by atoms with Gasteiger partial charge in [-0.3, -0.25) is 4.79 Å². The number of ether oxygens (including phenoxy) is 2. The molecule has 1 heterocycles. The summed E-state index contributed by atoms with van der Waals surface area (Å²) in [7, 11) is 1.63. The van der Waals surface area contributed by atoms with Crippen LogP contribution in [0.4, 0.5) is 0 Å². The second-order valence-corrected chi connectivity index (χ2v) is 7.41. The lowest BCUT2D eigenvalue weighted by molar-refractivity contribution is -0.175. The number of aliphatic carboxylic acids is 1. The van der Waals surface area contributed by atoms with Gasteiger partial charge in [-0.1, -0.05) is 54.6 Å². The van der Waals surface area contributed by atoms with Crippen molar-refractivity contribution in [1.82, 2.24) is 4.90 Å². The molecule has 0 spiro atoms. The molecule has 1 saturated heterocycles. The third-order valence-corrected chi connectivity index (χ3v) is 5.54. The molecule has 6 heteroatoms. The van der Waals surface area contributed by atoms with Crippen molar-refractivity contribution < 1.29 is 24.2 Å². The van der Waals surface area contributed by atoms with E-state index < -0.39 is 24.2 Å². The van der Waals surface area contributed by atoms with Crippen molar-refractivity contribution >= 4 is 11.9 Å². The van der Waals surface area contributed by atoms with E-state index in [0.29, 0.717) is 5.75 Å². The number of nitrogens with zero attached hydrogens (tertiary/aromatic N) is 1. The van der Waals surface area contributed by atoms with E-state index in [0.717, 1.165) is 22.4 Å². The average molecular weight is 417 g/mol. The van der Waals surface area contributed by atoms with Gasteiger partial charge in [0.25, 0.3) is 5.91 Å². The maximum atomic E-state index is 12.8. The molecule has 0 aromatic heterocycles. The fourth-order valence-electron chi connectivity index (χ4n) is 3.79. The second-order valence-electron chi connectivity index (χ2n) is 7.41. The molecule has 1 amide bonds. The quantitative estimate of drug-likeness (QED) is 0.584. The van der Waals surface area contributed by atoms with Gasteiger partial charge < -0.3 is 19.5 Å². The third-order valence-electron chi connectivity index (χ3n) is 5.54. The molecule has 1 fully saturated rings. The topological polar surface area (TPSA) is 76.1 Å². The van der Waals surface area contributed by atoms with Crippen molar-refractivity contribution in [1.29, 1.82) is 0 Å². The second kappa shape index (κ2) is 8.52. The van der Waals surface area contributed by atoms with Crippen molar-refractivity contribution in [3.63, 3.8) is 0 Å². The fourth-order valence-corrected chi connectivity index (χ4v) is 3.79. The van der Waals surface area contributed by atoms with Crippen LogP contribution in [0, 0.1) is 0 Å². The highest BCUT2D eigenvalue weighted by molar-refractivity contribution is 5.93. The summed E-state index contributed by atoms with van der Waals surface area (Å²) in [4.78, 5) is 25.7. The van der Waals surface area contributed by atoms with Crippen LogP contribution in [0.15, 0.2) is 78.9 Å². The third kappa shape index (κ3) is 3.97. The van der Waals surface area contributed by atoms with E-state index in [2.05, 4.69) is 0 Å². The van der Waals surface area contributed by atoms with Crippen LogP contribution in [-0.2, 0) is 9.59 Å². The minimum atomic E-state index is -1.05. The van der Waals surface area contributed by atoms with Crippen LogP contribution in [0.1, 0.15) is 18.5 Å². The minimum Gasteiger partial charge on any atom is -0.497 e. The molecule has 6 nitrogen and oxygen atoms in total. The Balaban J connectivity index is 1.62. The lowest BCUT2D eigenvalue weighted by Gasteiger charge is -2.48. The smallest absolute Gasteiger partial charge is 0.326 e. The van der Waals surface area contributed by atoms with Crippen LogP contribution in [0.25, 0.3) is 11.1 Å². The summed E-state index contributed by atoms with van der Waals surface area (Å²) in [5.74, 6) is -0.0229. The Morgan fingerprint density at radius 3 is 2.03 bits per heavy atom. The molecule has 1 aliphatic rings. The Morgan fingerprint density at radius 1 is 0.903 bits per heavy atom. The summed E-state index contributed by atoms with van der Waals surface area (Å²) in [6.45, 7) is 1.51. The van der Waals surface area contributed by atoms with Gasteiger partial charge in [-0.15, -0.1) is 0 Å². The number of likely N-dealkylation sites (tertiary alicyclic amines) is 1. The monoisotopic (exact) mass is 417 g/mol. The van der Waals surface area contributed by atoms with Gasteiger partial charge in [-0.05, 0) is 47.9 Å². The zero-order valence-corrected chi connectivity index (χ0v) is 17.3. The van der Waals surface area contributed by atoms with E-state index in [9.17, 15) is 14.7 Å². The van der Waals surface area contributed by atoms with Crippen molar-refractivity contribution in [3.8, 4) is 22.6 Å². The van der Waals surface area contributed by atoms with Gasteiger partial charge in [0.1, 0.15) is 23.6 Å². The Labute approximate surface area is 180 Å². The number of carboxylic acids is 1. The standard InChI is InChI=1S/C25H23NO5/c1-16(25(28)29)26-22(23(24(26)27)31-21-6-4-3-5-7-21)19-10-8-17(9-11-19)18-12-14-20(30-2)15-13-18/h3-16,22-23H,1-2H3,(H,28,29)/t16-,22+,23-/m0/s1. The van der Waals surface area contributed by atoms with Gasteiger partial charge in [0.2, 0.25) is 6.10 Å². The van der Waals surface area contributed by atoms with Crippen LogP contribution in [0.5, 0.6) is 11.5 Å². The highest BCUT2D eigenvalue weighted by Gasteiger charge is 2.53. The first-order valence-corrected chi connectivity index (χ1v) is 10.0. The molecule has 0 unspecified atom stereocenters. The van der Waals surface area contributed by atoms with Gasteiger partial charge in [0.15, 0.2) is 0 Å². The predicted octanol–water partition coefficient (Wildman–Crippen LogP) is 4.17. The summed E-state index contributed by atoms with van der Waals surface area (Å²) in [5.41, 5.74) is 2.87. The van der Waals surface area contributed by atoms with Crippen LogP contribution in [0.2, 0.25) is 0 Å². The fraction of sp³-hybridized carbons (Fsp3) is 0.200. The van der Waals surface area contributed by atoms with E-state index >= 15 is 0 Å². The molecule has 1 N–H and O–H groups in total. The van der Waals surface area contributed by atoms with Gasteiger partial charge in [0.05, 0.1) is 7.11 Å². The Hall–Kier alpha value is -3.80. The highest BCUT2D eigenvalue weighted by Crippen LogP contribution is 2.40. The van der Waals surface area contributed by atoms with E-state index in [1.807, 2.05) is 66.7 Å². The molecule has 0 aliphatic carbocycles. The molecule has 1 aliphatic heterocycles. The number of carboxylic acid groups (broad SMARTS) is 1. The highest BCUT2D eigenvalue weighted by atomic mass is 16.5. The maximum absolute atomic E-state index is 12.8. The molecule has 31 heavy (non-hydrogen) atoms. The van der Waals surface area contributed by atoms with Crippen LogP contribution >= 0.6 is 0 Å². The summed E-state index contributed by atoms with van der Waals surface area (Å²) >= 11 is 0. The first kappa shape index (κ1) is 20.5. The summed E-state index contributed by atoms with van der Waals surface area (Å²) in [5, 5.41) is 9.47. The largest absolute Gasteiger partial charge is 0.497 e. The number of para-hydroxylation sites is 1. The van der Waals surface area contributed by atoms with Gasteiger partial charge in [-0.25, -0.2) is 4.79 Å². The lowest BCUT2D eigenvalue weighted by atomic mass is 9.87. The predicted molar refractivity (Wildman–Crippen MR) is 116 cm³/mol. The number of hydrogen-bond donors (Lipinski definition) is 1. The van der Waals surface area contributed by atoms with Gasteiger partial charge in [-0.2, -0.15) is 0 Å². The molecule has 3 aromatic rings. The van der Waals surface area contributed by atoms with E-state index in [-0.39, 0.29) is 5.91 Å². The SMILES string of the molecule is COc1ccc(-c2ccc([C@@H]3[C@H](Oc4ccccc4)C(=O)N3[C@@H](C)C(=O)O)cc2)cc1. The number of rotatable bonds is 7. The van der Waals surface area contributed by atoms with Crippen LogP contribution < -0.4 is 9.47 Å². The Bertz CT molecular complexity index is 1060. The first-order chi connectivity index (χ1) is 15.0. The van der Waals surface area contributed by atoms with Crippen molar-refractivity contribution in [2.45, 2.75) is 25.1 Å². The van der Waals surface area contributed by atoms with Crippen molar-refractivity contribution in [2.75, 3.05) is 7.11 Å². The van der Waals surface area contributed by atoms with E-state index in [1.165, 1.54) is 11.8 Å². The first-order valence-electron chi connectivity index (χ1n) is 10.0. The maximum Gasteiger partial charge on any atom is 0.326 e. The summed E-state index contributed by atoms with van der Waals surface area (Å²) < 4.78 is 11.1. The van der Waals surface area contributed by atoms with E-state index in [4.69, 9.17) is 9.47 Å². The number of hydrogen-bond acceptors (Lipinski definition) is 4. The van der Waals surface area contributed by atoms with E-state index in [1.54, 1.807) is 19.2 Å². The Morgan fingerprint density at radius 2 is 1.48 bits per heavy atom. The zero-order valence-electron chi connectivity index (χ0n) is 17.3. The lowest BCUT2D eigenvalue weighted by Crippen LogP contribution is -2.65. The van der Waals surface area contributed by atoms with Crippen molar-refractivity contribution in [2.24, 2.45) is 0 Å². The minimum absolute atomic E-state index is 0.331. The molecule has 3 aromatic carbocycles. The molecule has 0 bridgehead atoms. The van der Waals surface area contributed by atoms with Gasteiger partial charge >= 0.3 is 5.97 Å². The average Bonchev–Trinajstić information content (AvgIpc) is 2.81. The molecular formula is C25H23NO5. The van der Waals surface area contributed by atoms with Crippen molar-refractivity contribution in [3.05, 3.63) is 84.4 Å². The van der Waals surface area contributed by atoms with Gasteiger partial charge in [0, 0.05) is 0 Å². The Kier molecular flexibility index (Phi) is 5.62. The number of carbonyl (C=O) groups is 2. The number of carbonyl (C=O) groups excluding carboxylic acids is 1. The number of benzene rings is 3. The molecular weight excluding hydrogens is 394 g/mol. The normalized spacial score (nSPS) is 18.8. The van der Waals surface area contributed by atoms with Crippen LogP contribution in [0.3, 0.4) is 0 Å². The van der Waals surface area contributed by atoms with Crippen LogP contribution in [-0.4, -0.2) is 41.1 Å². The molecule has 0 saturated carbocycles. The molecule has 0 radical (unpaired) electrons. The molecule has 158 valence electrons. The molecule has 3 atom stereocenters. The number of amides is 1.